The Morgan fingerprint density at radius 1 is 1.56 bits per heavy atom. The summed E-state index contributed by atoms with van der Waals surface area (Å²) < 4.78 is 1.48. The zero-order chi connectivity index (χ0) is 11.4. The summed E-state index contributed by atoms with van der Waals surface area (Å²) in [5, 5.41) is 15.9. The van der Waals surface area contributed by atoms with Crippen molar-refractivity contribution in [2.24, 2.45) is 5.92 Å². The van der Waals surface area contributed by atoms with E-state index in [-0.39, 0.29) is 31.0 Å². The molecule has 0 aliphatic heterocycles. The summed E-state index contributed by atoms with van der Waals surface area (Å²) >= 11 is 0. The maximum Gasteiger partial charge on any atom is 0.242 e. The van der Waals surface area contributed by atoms with E-state index < -0.39 is 0 Å². The van der Waals surface area contributed by atoms with Crippen LogP contribution in [0, 0.1) is 5.92 Å². The second kappa shape index (κ2) is 5.07. The van der Waals surface area contributed by atoms with E-state index >= 15 is 0 Å². The zero-order valence-corrected chi connectivity index (χ0v) is 9.04. The maximum absolute atomic E-state index is 11.6. The van der Waals surface area contributed by atoms with Crippen LogP contribution in [0.5, 0.6) is 0 Å². The molecule has 16 heavy (non-hydrogen) atoms. The average Bonchev–Trinajstić information content (AvgIpc) is 2.88. The normalized spacial score (nSPS) is 24.6. The number of nitrogens with one attached hydrogen (secondary N) is 1. The van der Waals surface area contributed by atoms with Crippen LogP contribution >= 0.6 is 0 Å². The molecule has 0 aromatic carbocycles. The smallest absolute Gasteiger partial charge is 0.242 e. The molecule has 1 aromatic rings. The maximum atomic E-state index is 11.6. The van der Waals surface area contributed by atoms with Gasteiger partial charge in [-0.2, -0.15) is 5.10 Å². The van der Waals surface area contributed by atoms with Crippen molar-refractivity contribution >= 4 is 5.91 Å². The second-order valence-corrected chi connectivity index (χ2v) is 4.14. The van der Waals surface area contributed by atoms with E-state index in [2.05, 4.69) is 15.4 Å². The molecule has 2 unspecified atom stereocenters. The molecule has 1 aliphatic carbocycles. The Morgan fingerprint density at radius 2 is 2.44 bits per heavy atom. The minimum atomic E-state index is -0.0733. The molecular weight excluding hydrogens is 208 g/mol. The molecule has 0 saturated heterocycles. The first-order valence-corrected chi connectivity index (χ1v) is 5.52. The van der Waals surface area contributed by atoms with Gasteiger partial charge in [0.05, 0.1) is 0 Å². The molecule has 1 aromatic heterocycles. The van der Waals surface area contributed by atoms with Crippen LogP contribution in [-0.4, -0.2) is 38.4 Å². The number of aromatic nitrogens is 3. The fourth-order valence-electron chi connectivity index (χ4n) is 2.16. The number of aliphatic hydroxyl groups is 1. The van der Waals surface area contributed by atoms with Gasteiger partial charge in [0.25, 0.3) is 0 Å². The molecule has 0 bridgehead atoms. The molecule has 88 valence electrons. The van der Waals surface area contributed by atoms with Crippen LogP contribution < -0.4 is 5.32 Å². The molecular formula is C10H16N4O2. The molecule has 1 amide bonds. The van der Waals surface area contributed by atoms with Crippen molar-refractivity contribution in [2.45, 2.75) is 31.8 Å². The van der Waals surface area contributed by atoms with E-state index in [1.54, 1.807) is 0 Å². The third-order valence-electron chi connectivity index (χ3n) is 3.01. The summed E-state index contributed by atoms with van der Waals surface area (Å²) in [7, 11) is 0. The van der Waals surface area contributed by atoms with Crippen molar-refractivity contribution in [1.82, 2.24) is 20.1 Å². The van der Waals surface area contributed by atoms with Gasteiger partial charge in [-0.1, -0.05) is 6.42 Å². The number of hydrogen-bond donors (Lipinski definition) is 2. The first-order valence-electron chi connectivity index (χ1n) is 5.52. The van der Waals surface area contributed by atoms with Crippen LogP contribution in [0.1, 0.15) is 19.3 Å². The van der Waals surface area contributed by atoms with Gasteiger partial charge in [-0.05, 0) is 12.8 Å². The molecule has 6 heteroatoms. The molecule has 1 aliphatic rings. The minimum absolute atomic E-state index is 0.0733. The Kier molecular flexibility index (Phi) is 3.51. The topological polar surface area (TPSA) is 80.0 Å². The van der Waals surface area contributed by atoms with E-state index in [1.807, 2.05) is 0 Å². The van der Waals surface area contributed by atoms with Gasteiger partial charge in [-0.15, -0.1) is 0 Å². The standard InChI is InChI=1S/C10H16N4O2/c15-5-8-2-1-3-9(8)13-10(16)4-14-7-11-6-12-14/h6-9,15H,1-5H2,(H,13,16). The van der Waals surface area contributed by atoms with Crippen LogP contribution in [-0.2, 0) is 11.3 Å². The number of amides is 1. The predicted molar refractivity (Wildman–Crippen MR) is 56.4 cm³/mol. The highest BCUT2D eigenvalue weighted by atomic mass is 16.3. The summed E-state index contributed by atoms with van der Waals surface area (Å²) in [5.74, 6) is 0.135. The molecule has 2 atom stereocenters. The number of rotatable bonds is 4. The molecule has 2 N–H and O–H groups in total. The van der Waals surface area contributed by atoms with Gasteiger partial charge in [0.15, 0.2) is 0 Å². The Morgan fingerprint density at radius 3 is 3.12 bits per heavy atom. The monoisotopic (exact) mass is 224 g/mol. The van der Waals surface area contributed by atoms with Gasteiger partial charge >= 0.3 is 0 Å². The lowest BCUT2D eigenvalue weighted by atomic mass is 10.1. The number of aliphatic hydroxyl groups excluding tert-OH is 1. The highest BCUT2D eigenvalue weighted by Gasteiger charge is 2.27. The van der Waals surface area contributed by atoms with E-state index in [1.165, 1.54) is 17.3 Å². The van der Waals surface area contributed by atoms with Gasteiger partial charge in [0.1, 0.15) is 19.2 Å². The Balaban J connectivity index is 1.83. The van der Waals surface area contributed by atoms with Crippen LogP contribution in [0.15, 0.2) is 12.7 Å². The van der Waals surface area contributed by atoms with Crippen LogP contribution in [0.3, 0.4) is 0 Å². The number of hydrogen-bond acceptors (Lipinski definition) is 4. The highest BCUT2D eigenvalue weighted by molar-refractivity contribution is 5.75. The van der Waals surface area contributed by atoms with Gasteiger partial charge in [0.2, 0.25) is 5.91 Å². The van der Waals surface area contributed by atoms with Crippen LogP contribution in [0.4, 0.5) is 0 Å². The number of carbonyl (C=O) groups is 1. The number of nitrogens with zero attached hydrogens (tertiary/aromatic N) is 3. The van der Waals surface area contributed by atoms with Gasteiger partial charge < -0.3 is 10.4 Å². The van der Waals surface area contributed by atoms with Crippen molar-refractivity contribution in [3.63, 3.8) is 0 Å². The van der Waals surface area contributed by atoms with Crippen LogP contribution in [0.25, 0.3) is 0 Å². The number of carbonyl (C=O) groups excluding carboxylic acids is 1. The van der Waals surface area contributed by atoms with Crippen LogP contribution in [0.2, 0.25) is 0 Å². The molecule has 1 saturated carbocycles. The molecule has 6 nitrogen and oxygen atoms in total. The lowest BCUT2D eigenvalue weighted by molar-refractivity contribution is -0.122. The largest absolute Gasteiger partial charge is 0.396 e. The highest BCUT2D eigenvalue weighted by Crippen LogP contribution is 2.24. The van der Waals surface area contributed by atoms with Crippen molar-refractivity contribution in [3.05, 3.63) is 12.7 Å². The molecule has 1 fully saturated rings. The van der Waals surface area contributed by atoms with E-state index in [0.29, 0.717) is 0 Å². The molecule has 2 rings (SSSR count). The van der Waals surface area contributed by atoms with Crippen molar-refractivity contribution in [1.29, 1.82) is 0 Å². The summed E-state index contributed by atoms with van der Waals surface area (Å²) in [5.41, 5.74) is 0. The van der Waals surface area contributed by atoms with E-state index in [0.717, 1.165) is 19.3 Å². The summed E-state index contributed by atoms with van der Waals surface area (Å²) in [6, 6.07) is 0.112. The third kappa shape index (κ3) is 2.57. The SMILES string of the molecule is O=C(Cn1cncn1)NC1CCCC1CO. The Hall–Kier alpha value is -1.43. The Bertz CT molecular complexity index is 339. The molecule has 0 spiro atoms. The summed E-state index contributed by atoms with van der Waals surface area (Å²) in [6.45, 7) is 0.336. The van der Waals surface area contributed by atoms with E-state index in [4.69, 9.17) is 5.11 Å². The zero-order valence-electron chi connectivity index (χ0n) is 9.04. The van der Waals surface area contributed by atoms with Crippen molar-refractivity contribution < 1.29 is 9.90 Å². The van der Waals surface area contributed by atoms with Gasteiger partial charge in [0, 0.05) is 18.6 Å². The second-order valence-electron chi connectivity index (χ2n) is 4.14. The van der Waals surface area contributed by atoms with Crippen molar-refractivity contribution in [3.8, 4) is 0 Å². The fraction of sp³-hybridized carbons (Fsp3) is 0.700. The Labute approximate surface area is 93.7 Å². The van der Waals surface area contributed by atoms with E-state index in [9.17, 15) is 4.79 Å². The lowest BCUT2D eigenvalue weighted by Gasteiger charge is -2.18. The molecule has 1 heterocycles. The summed E-state index contributed by atoms with van der Waals surface area (Å²) in [4.78, 5) is 15.4. The minimum Gasteiger partial charge on any atom is -0.396 e. The first-order chi connectivity index (χ1) is 7.79. The summed E-state index contributed by atoms with van der Waals surface area (Å²) in [6.07, 6.45) is 5.93. The quantitative estimate of drug-likeness (QED) is 0.726. The van der Waals surface area contributed by atoms with Gasteiger partial charge in [-0.3, -0.25) is 4.79 Å². The molecule has 0 radical (unpaired) electrons. The average molecular weight is 224 g/mol. The first kappa shape index (κ1) is 11.1. The predicted octanol–water partition coefficient (Wildman–Crippen LogP) is -0.445. The third-order valence-corrected chi connectivity index (χ3v) is 3.01. The fourth-order valence-corrected chi connectivity index (χ4v) is 2.16. The van der Waals surface area contributed by atoms with Crippen molar-refractivity contribution in [2.75, 3.05) is 6.61 Å². The van der Waals surface area contributed by atoms with Gasteiger partial charge in [-0.25, -0.2) is 9.67 Å². The lowest BCUT2D eigenvalue weighted by Crippen LogP contribution is -2.40.